The minimum Gasteiger partial charge on any atom is -0.480 e. The van der Waals surface area contributed by atoms with E-state index in [-0.39, 0.29) is 0 Å². The Hall–Kier alpha value is -1.35. The van der Waals surface area contributed by atoms with Gasteiger partial charge in [0.15, 0.2) is 0 Å². The van der Waals surface area contributed by atoms with Crippen LogP contribution in [0.3, 0.4) is 0 Å². The van der Waals surface area contributed by atoms with Crippen molar-refractivity contribution in [3.8, 4) is 0 Å². The number of carbonyl (C=O) groups is 1. The maximum atomic E-state index is 11.7. The van der Waals surface area contributed by atoms with Crippen LogP contribution in [0.5, 0.6) is 0 Å². The van der Waals surface area contributed by atoms with Crippen LogP contribution in [0.1, 0.15) is 37.8 Å². The van der Waals surface area contributed by atoms with Gasteiger partial charge in [-0.3, -0.25) is 4.90 Å². The number of nitrogens with zero attached hydrogens (tertiary/aromatic N) is 1. The van der Waals surface area contributed by atoms with Crippen molar-refractivity contribution in [2.24, 2.45) is 0 Å². The highest BCUT2D eigenvalue weighted by Gasteiger charge is 2.38. The molecule has 0 spiro atoms. The smallest absolute Gasteiger partial charge is 0.328 e. The van der Waals surface area contributed by atoms with E-state index in [1.807, 2.05) is 43.1 Å². The van der Waals surface area contributed by atoms with Gasteiger partial charge in [0.2, 0.25) is 0 Å². The zero-order chi connectivity index (χ0) is 13.8. The lowest BCUT2D eigenvalue weighted by Crippen LogP contribution is -2.48. The Balaban J connectivity index is 3.06. The highest BCUT2D eigenvalue weighted by atomic mass is 16.4. The molecule has 0 aromatic heterocycles. The Morgan fingerprint density at radius 3 is 2.33 bits per heavy atom. The van der Waals surface area contributed by atoms with Crippen LogP contribution in [-0.4, -0.2) is 29.6 Å². The normalized spacial score (nSPS) is 14.5. The van der Waals surface area contributed by atoms with Crippen molar-refractivity contribution in [2.45, 2.75) is 39.2 Å². The summed E-state index contributed by atoms with van der Waals surface area (Å²) in [5, 5.41) is 9.58. The van der Waals surface area contributed by atoms with Gasteiger partial charge in [-0.15, -0.1) is 0 Å². The maximum Gasteiger partial charge on any atom is 0.328 e. The molecule has 18 heavy (non-hydrogen) atoms. The molecule has 1 aromatic rings. The monoisotopic (exact) mass is 249 g/mol. The molecule has 0 saturated carbocycles. The summed E-state index contributed by atoms with van der Waals surface area (Å²) >= 11 is 0. The molecule has 0 saturated heterocycles. The van der Waals surface area contributed by atoms with E-state index in [2.05, 4.69) is 6.92 Å². The van der Waals surface area contributed by atoms with E-state index < -0.39 is 11.5 Å². The van der Waals surface area contributed by atoms with Gasteiger partial charge in [0.05, 0.1) is 0 Å². The summed E-state index contributed by atoms with van der Waals surface area (Å²) in [6.07, 6.45) is 2.07. The standard InChI is InChI=1S/C15H23NO2/c1-5-6-11-16(4)15(3,14(17)18)13-9-7-12(2)8-10-13/h7-10H,5-6,11H2,1-4H3,(H,17,18). The quantitative estimate of drug-likeness (QED) is 0.842. The third-order valence-electron chi connectivity index (χ3n) is 3.64. The molecule has 0 amide bonds. The fraction of sp³-hybridized carbons (Fsp3) is 0.533. The SMILES string of the molecule is CCCCN(C)C(C)(C(=O)O)c1ccc(C)cc1. The number of aryl methyl sites for hydroxylation is 1. The van der Waals surface area contributed by atoms with Crippen LogP contribution in [0.2, 0.25) is 0 Å². The molecule has 3 nitrogen and oxygen atoms in total. The molecule has 0 aliphatic carbocycles. The molecular weight excluding hydrogens is 226 g/mol. The molecule has 0 aliphatic heterocycles. The second kappa shape index (κ2) is 6.01. The number of likely N-dealkylation sites (N-methyl/N-ethyl adjacent to an activating group) is 1. The molecule has 0 heterocycles. The lowest BCUT2D eigenvalue weighted by atomic mass is 9.89. The number of rotatable bonds is 6. The van der Waals surface area contributed by atoms with Gasteiger partial charge < -0.3 is 5.11 Å². The first-order valence-corrected chi connectivity index (χ1v) is 6.44. The highest BCUT2D eigenvalue weighted by Crippen LogP contribution is 2.28. The molecule has 1 atom stereocenters. The number of carboxylic acid groups (broad SMARTS) is 1. The summed E-state index contributed by atoms with van der Waals surface area (Å²) < 4.78 is 0. The summed E-state index contributed by atoms with van der Waals surface area (Å²) in [7, 11) is 1.88. The minimum atomic E-state index is -0.955. The summed E-state index contributed by atoms with van der Waals surface area (Å²) in [5.74, 6) is -0.801. The van der Waals surface area contributed by atoms with Crippen LogP contribution in [0.15, 0.2) is 24.3 Å². The third-order valence-corrected chi connectivity index (χ3v) is 3.64. The van der Waals surface area contributed by atoms with E-state index in [1.165, 1.54) is 0 Å². The second-order valence-corrected chi connectivity index (χ2v) is 5.02. The lowest BCUT2D eigenvalue weighted by Gasteiger charge is -2.35. The Morgan fingerprint density at radius 2 is 1.89 bits per heavy atom. The third kappa shape index (κ3) is 2.91. The minimum absolute atomic E-state index is 0.785. The van der Waals surface area contributed by atoms with Crippen molar-refractivity contribution in [1.82, 2.24) is 4.90 Å². The average Bonchev–Trinajstić information content (AvgIpc) is 2.35. The Kier molecular flexibility index (Phi) is 4.91. The van der Waals surface area contributed by atoms with E-state index in [4.69, 9.17) is 0 Å². The molecular formula is C15H23NO2. The Bertz CT molecular complexity index is 399. The fourth-order valence-electron chi connectivity index (χ4n) is 2.00. The van der Waals surface area contributed by atoms with Gasteiger partial charge in [-0.05, 0) is 39.4 Å². The van der Waals surface area contributed by atoms with Gasteiger partial charge in [-0.25, -0.2) is 4.79 Å². The van der Waals surface area contributed by atoms with E-state index in [0.29, 0.717) is 0 Å². The molecule has 0 fully saturated rings. The molecule has 1 aromatic carbocycles. The number of aliphatic carboxylic acids is 1. The number of carboxylic acids is 1. The van der Waals surface area contributed by atoms with Crippen molar-refractivity contribution < 1.29 is 9.90 Å². The second-order valence-electron chi connectivity index (χ2n) is 5.02. The van der Waals surface area contributed by atoms with Gasteiger partial charge in [0.1, 0.15) is 5.54 Å². The van der Waals surface area contributed by atoms with Crippen LogP contribution >= 0.6 is 0 Å². The molecule has 100 valence electrons. The van der Waals surface area contributed by atoms with Crippen LogP contribution in [0.25, 0.3) is 0 Å². The topological polar surface area (TPSA) is 40.5 Å². The Morgan fingerprint density at radius 1 is 1.33 bits per heavy atom. The highest BCUT2D eigenvalue weighted by molar-refractivity contribution is 5.80. The largest absolute Gasteiger partial charge is 0.480 e. The van der Waals surface area contributed by atoms with Crippen molar-refractivity contribution >= 4 is 5.97 Å². The average molecular weight is 249 g/mol. The van der Waals surface area contributed by atoms with Gasteiger partial charge in [0, 0.05) is 0 Å². The lowest BCUT2D eigenvalue weighted by molar-refractivity contribution is -0.150. The first kappa shape index (κ1) is 14.7. The van der Waals surface area contributed by atoms with Crippen molar-refractivity contribution in [2.75, 3.05) is 13.6 Å². The van der Waals surface area contributed by atoms with E-state index >= 15 is 0 Å². The zero-order valence-corrected chi connectivity index (χ0v) is 11.7. The van der Waals surface area contributed by atoms with Crippen molar-refractivity contribution in [3.05, 3.63) is 35.4 Å². The van der Waals surface area contributed by atoms with Gasteiger partial charge in [0.25, 0.3) is 0 Å². The molecule has 0 bridgehead atoms. The van der Waals surface area contributed by atoms with Gasteiger partial charge in [-0.1, -0.05) is 43.2 Å². The zero-order valence-electron chi connectivity index (χ0n) is 11.7. The summed E-state index contributed by atoms with van der Waals surface area (Å²) in [4.78, 5) is 13.6. The first-order chi connectivity index (χ1) is 8.42. The number of hydrogen-bond donors (Lipinski definition) is 1. The fourth-order valence-corrected chi connectivity index (χ4v) is 2.00. The van der Waals surface area contributed by atoms with Gasteiger partial charge >= 0.3 is 5.97 Å². The molecule has 1 unspecified atom stereocenters. The molecule has 1 rings (SSSR count). The first-order valence-electron chi connectivity index (χ1n) is 6.44. The number of hydrogen-bond acceptors (Lipinski definition) is 2. The van der Waals surface area contributed by atoms with Crippen LogP contribution in [0.4, 0.5) is 0 Å². The van der Waals surface area contributed by atoms with Crippen LogP contribution in [0, 0.1) is 6.92 Å². The maximum absolute atomic E-state index is 11.7. The summed E-state index contributed by atoms with van der Waals surface area (Å²) in [6, 6.07) is 7.74. The molecule has 0 radical (unpaired) electrons. The summed E-state index contributed by atoms with van der Waals surface area (Å²) in [5.41, 5.74) is 1.02. The molecule has 3 heteroatoms. The van der Waals surface area contributed by atoms with E-state index in [9.17, 15) is 9.90 Å². The van der Waals surface area contributed by atoms with Crippen LogP contribution < -0.4 is 0 Å². The van der Waals surface area contributed by atoms with Gasteiger partial charge in [-0.2, -0.15) is 0 Å². The molecule has 1 N–H and O–H groups in total. The van der Waals surface area contributed by atoms with Crippen molar-refractivity contribution in [3.63, 3.8) is 0 Å². The van der Waals surface area contributed by atoms with E-state index in [0.717, 1.165) is 30.5 Å². The molecule has 0 aliphatic rings. The van der Waals surface area contributed by atoms with Crippen LogP contribution in [-0.2, 0) is 10.3 Å². The Labute approximate surface area is 109 Å². The number of benzene rings is 1. The summed E-state index contributed by atoms with van der Waals surface area (Å²) in [6.45, 7) is 6.67. The van der Waals surface area contributed by atoms with Crippen molar-refractivity contribution in [1.29, 1.82) is 0 Å². The number of unbranched alkanes of at least 4 members (excludes halogenated alkanes) is 1. The predicted molar refractivity (Wildman–Crippen MR) is 73.7 cm³/mol. The predicted octanol–water partition coefficient (Wildman–Crippen LogP) is 3.03. The van der Waals surface area contributed by atoms with E-state index in [1.54, 1.807) is 6.92 Å².